The van der Waals surface area contributed by atoms with Gasteiger partial charge in [-0.1, -0.05) is 0 Å². The van der Waals surface area contributed by atoms with Crippen molar-refractivity contribution in [1.82, 2.24) is 4.98 Å². The SMILES string of the molecule is Cc1c2occc2cc2c1oc(=O)c1cnccc12. The van der Waals surface area contributed by atoms with Crippen LogP contribution < -0.4 is 5.63 Å². The summed E-state index contributed by atoms with van der Waals surface area (Å²) in [4.78, 5) is 16.0. The van der Waals surface area contributed by atoms with Crippen molar-refractivity contribution in [3.05, 3.63) is 52.8 Å². The van der Waals surface area contributed by atoms with Gasteiger partial charge in [-0.25, -0.2) is 4.79 Å². The van der Waals surface area contributed by atoms with Crippen molar-refractivity contribution < 1.29 is 8.83 Å². The zero-order valence-corrected chi connectivity index (χ0v) is 10.1. The molecule has 0 bridgehead atoms. The third-order valence-electron chi connectivity index (χ3n) is 3.45. The number of nitrogens with zero attached hydrogens (tertiary/aromatic N) is 1. The van der Waals surface area contributed by atoms with E-state index in [-0.39, 0.29) is 5.63 Å². The van der Waals surface area contributed by atoms with E-state index in [4.69, 9.17) is 8.83 Å². The van der Waals surface area contributed by atoms with Crippen LogP contribution in [0.25, 0.3) is 32.7 Å². The minimum absolute atomic E-state index is 0.371. The maximum absolute atomic E-state index is 12.0. The van der Waals surface area contributed by atoms with Crippen molar-refractivity contribution in [3.8, 4) is 0 Å². The fourth-order valence-corrected chi connectivity index (χ4v) is 2.54. The van der Waals surface area contributed by atoms with Crippen molar-refractivity contribution in [2.45, 2.75) is 6.92 Å². The molecule has 4 nitrogen and oxygen atoms in total. The van der Waals surface area contributed by atoms with Crippen LogP contribution >= 0.6 is 0 Å². The molecule has 1 aromatic carbocycles. The first-order valence-corrected chi connectivity index (χ1v) is 5.93. The number of aryl methyl sites for hydroxylation is 1. The van der Waals surface area contributed by atoms with E-state index in [2.05, 4.69) is 4.98 Å². The minimum Gasteiger partial charge on any atom is -0.464 e. The highest BCUT2D eigenvalue weighted by Gasteiger charge is 2.13. The molecule has 4 aromatic rings. The Morgan fingerprint density at radius 2 is 2.00 bits per heavy atom. The van der Waals surface area contributed by atoms with Gasteiger partial charge in [0.25, 0.3) is 0 Å². The summed E-state index contributed by atoms with van der Waals surface area (Å²) in [5.74, 6) is 0. The first-order valence-electron chi connectivity index (χ1n) is 5.93. The van der Waals surface area contributed by atoms with Crippen LogP contribution in [0.5, 0.6) is 0 Å². The molecule has 0 unspecified atom stereocenters. The van der Waals surface area contributed by atoms with Gasteiger partial charge in [0, 0.05) is 34.1 Å². The Labute approximate surface area is 107 Å². The highest BCUT2D eigenvalue weighted by atomic mass is 16.4. The van der Waals surface area contributed by atoms with Crippen molar-refractivity contribution >= 4 is 32.7 Å². The number of benzene rings is 1. The van der Waals surface area contributed by atoms with Gasteiger partial charge in [-0.2, -0.15) is 0 Å². The van der Waals surface area contributed by atoms with Gasteiger partial charge >= 0.3 is 5.63 Å². The first-order chi connectivity index (χ1) is 9.25. The topological polar surface area (TPSA) is 56.2 Å². The van der Waals surface area contributed by atoms with E-state index in [1.807, 2.05) is 25.1 Å². The Hall–Kier alpha value is -2.62. The summed E-state index contributed by atoms with van der Waals surface area (Å²) in [5.41, 5.74) is 1.80. The van der Waals surface area contributed by atoms with Gasteiger partial charge in [0.15, 0.2) is 0 Å². The normalized spacial score (nSPS) is 11.6. The second kappa shape index (κ2) is 3.45. The summed E-state index contributed by atoms with van der Waals surface area (Å²) in [6, 6.07) is 5.71. The summed E-state index contributed by atoms with van der Waals surface area (Å²) < 4.78 is 10.9. The maximum atomic E-state index is 12.0. The van der Waals surface area contributed by atoms with Crippen LogP contribution in [0.1, 0.15) is 5.56 Å². The molecule has 0 fully saturated rings. The lowest BCUT2D eigenvalue weighted by molar-refractivity contribution is 0.564. The van der Waals surface area contributed by atoms with E-state index in [0.717, 1.165) is 27.3 Å². The fraction of sp³-hybridized carbons (Fsp3) is 0.0667. The second-order valence-electron chi connectivity index (χ2n) is 4.53. The predicted octanol–water partition coefficient (Wildman–Crippen LogP) is 3.40. The molecule has 0 atom stereocenters. The number of hydrogen-bond donors (Lipinski definition) is 0. The number of hydrogen-bond acceptors (Lipinski definition) is 4. The van der Waals surface area contributed by atoms with Gasteiger partial charge < -0.3 is 8.83 Å². The third-order valence-corrected chi connectivity index (χ3v) is 3.45. The zero-order valence-electron chi connectivity index (χ0n) is 10.1. The van der Waals surface area contributed by atoms with Gasteiger partial charge in [0.1, 0.15) is 11.2 Å². The van der Waals surface area contributed by atoms with Crippen molar-refractivity contribution in [2.24, 2.45) is 0 Å². The maximum Gasteiger partial charge on any atom is 0.345 e. The van der Waals surface area contributed by atoms with Crippen LogP contribution in [0.3, 0.4) is 0 Å². The summed E-state index contributed by atoms with van der Waals surface area (Å²) in [7, 11) is 0. The highest BCUT2D eigenvalue weighted by Crippen LogP contribution is 2.31. The Bertz CT molecular complexity index is 995. The fourth-order valence-electron chi connectivity index (χ4n) is 2.54. The molecule has 0 aliphatic rings. The molecule has 19 heavy (non-hydrogen) atoms. The van der Waals surface area contributed by atoms with E-state index < -0.39 is 0 Å². The second-order valence-corrected chi connectivity index (χ2v) is 4.53. The lowest BCUT2D eigenvalue weighted by atomic mass is 10.0. The van der Waals surface area contributed by atoms with Crippen LogP contribution in [0.2, 0.25) is 0 Å². The molecule has 4 heteroatoms. The van der Waals surface area contributed by atoms with E-state index in [0.29, 0.717) is 11.0 Å². The molecule has 4 rings (SSSR count). The lowest BCUT2D eigenvalue weighted by Gasteiger charge is -2.05. The summed E-state index contributed by atoms with van der Waals surface area (Å²) in [6.07, 6.45) is 4.85. The Morgan fingerprint density at radius 3 is 2.89 bits per heavy atom. The molecule has 0 N–H and O–H groups in total. The largest absolute Gasteiger partial charge is 0.464 e. The quantitative estimate of drug-likeness (QED) is 0.355. The van der Waals surface area contributed by atoms with E-state index >= 15 is 0 Å². The molecule has 3 heterocycles. The van der Waals surface area contributed by atoms with Crippen molar-refractivity contribution in [3.63, 3.8) is 0 Å². The molecule has 0 saturated carbocycles. The highest BCUT2D eigenvalue weighted by molar-refractivity contribution is 6.09. The molecular weight excluding hydrogens is 242 g/mol. The molecule has 0 amide bonds. The van der Waals surface area contributed by atoms with Gasteiger partial charge in [-0.15, -0.1) is 0 Å². The molecule has 0 aliphatic carbocycles. The van der Waals surface area contributed by atoms with Crippen LogP contribution in [0.4, 0.5) is 0 Å². The summed E-state index contributed by atoms with van der Waals surface area (Å²) in [5, 5.41) is 3.25. The molecule has 0 radical (unpaired) electrons. The van der Waals surface area contributed by atoms with E-state index in [1.54, 1.807) is 12.5 Å². The predicted molar refractivity (Wildman–Crippen MR) is 72.3 cm³/mol. The Morgan fingerprint density at radius 1 is 1.11 bits per heavy atom. The van der Waals surface area contributed by atoms with E-state index in [9.17, 15) is 4.79 Å². The van der Waals surface area contributed by atoms with Crippen LogP contribution in [-0.4, -0.2) is 4.98 Å². The zero-order chi connectivity index (χ0) is 13.0. The lowest BCUT2D eigenvalue weighted by Crippen LogP contribution is -2.01. The summed E-state index contributed by atoms with van der Waals surface area (Å²) in [6.45, 7) is 1.89. The van der Waals surface area contributed by atoms with Crippen LogP contribution in [0, 0.1) is 6.92 Å². The van der Waals surface area contributed by atoms with Crippen molar-refractivity contribution in [1.29, 1.82) is 0 Å². The Kier molecular flexibility index (Phi) is 1.87. The molecule has 92 valence electrons. The number of rotatable bonds is 0. The molecule has 0 saturated heterocycles. The van der Waals surface area contributed by atoms with Crippen LogP contribution in [0.15, 0.2) is 50.5 Å². The molecule has 0 spiro atoms. The first kappa shape index (κ1) is 10.3. The molecule has 0 aliphatic heterocycles. The Balaban J connectivity index is 2.40. The third kappa shape index (κ3) is 1.28. The minimum atomic E-state index is -0.371. The van der Waals surface area contributed by atoms with Gasteiger partial charge in [0.2, 0.25) is 0 Å². The van der Waals surface area contributed by atoms with Gasteiger partial charge in [-0.3, -0.25) is 4.98 Å². The van der Waals surface area contributed by atoms with E-state index in [1.165, 1.54) is 6.20 Å². The smallest absolute Gasteiger partial charge is 0.345 e. The van der Waals surface area contributed by atoms with Gasteiger partial charge in [0.05, 0.1) is 11.6 Å². The number of aromatic nitrogens is 1. The average molecular weight is 251 g/mol. The number of fused-ring (bicyclic) bond motifs is 4. The summed E-state index contributed by atoms with van der Waals surface area (Å²) >= 11 is 0. The molecular formula is C15H9NO3. The number of furan rings is 1. The van der Waals surface area contributed by atoms with Crippen molar-refractivity contribution in [2.75, 3.05) is 0 Å². The standard InChI is InChI=1S/C15H9NO3/c1-8-13-9(3-5-18-13)6-11-10-2-4-16-7-12(10)15(17)19-14(8)11/h2-7H,1H3. The average Bonchev–Trinajstić information content (AvgIpc) is 2.90. The number of pyridine rings is 1. The molecule has 3 aromatic heterocycles. The monoisotopic (exact) mass is 251 g/mol. The van der Waals surface area contributed by atoms with Crippen LogP contribution in [-0.2, 0) is 0 Å². The van der Waals surface area contributed by atoms with Gasteiger partial charge in [-0.05, 0) is 25.1 Å².